The van der Waals surface area contributed by atoms with E-state index in [1.54, 1.807) is 0 Å². The second-order valence-electron chi connectivity index (χ2n) is 16.4. The van der Waals surface area contributed by atoms with Crippen molar-refractivity contribution in [2.75, 3.05) is 0 Å². The maximum Gasteiger partial charge on any atom is 0.341 e. The third kappa shape index (κ3) is 8.27. The van der Waals surface area contributed by atoms with Crippen molar-refractivity contribution >= 4 is 96.9 Å². The molecule has 0 radical (unpaired) electrons. The summed E-state index contributed by atoms with van der Waals surface area (Å²) < 4.78 is 6.40. The van der Waals surface area contributed by atoms with Crippen LogP contribution in [-0.4, -0.2) is 5.97 Å². The predicted molar refractivity (Wildman–Crippen MR) is 274 cm³/mol. The molecule has 0 amide bonds. The number of allylic oxidation sites excluding steroid dienone is 10. The number of esters is 1. The van der Waals surface area contributed by atoms with Crippen LogP contribution in [0.2, 0.25) is 20.1 Å². The predicted octanol–water partition coefficient (Wildman–Crippen LogP) is 17.9. The third-order valence-corrected chi connectivity index (χ3v) is 16.9. The first-order valence-corrected chi connectivity index (χ1v) is 24.8. The highest BCUT2D eigenvalue weighted by Gasteiger charge is 2.47. The lowest BCUT2D eigenvalue weighted by Gasteiger charge is -2.30. The molecule has 5 aromatic carbocycles. The van der Waals surface area contributed by atoms with Gasteiger partial charge in [0.25, 0.3) is 0 Å². The van der Waals surface area contributed by atoms with E-state index < -0.39 is 11.6 Å². The second-order valence-corrected chi connectivity index (χ2v) is 20.1. The molecule has 64 heavy (non-hydrogen) atoms. The van der Waals surface area contributed by atoms with Gasteiger partial charge >= 0.3 is 5.97 Å². The van der Waals surface area contributed by atoms with Gasteiger partial charge in [-0.05, 0) is 120 Å². The molecule has 10 rings (SSSR count). The van der Waals surface area contributed by atoms with Crippen molar-refractivity contribution in [2.45, 2.75) is 57.0 Å². The van der Waals surface area contributed by atoms with Gasteiger partial charge in [-0.15, -0.1) is 0 Å². The van der Waals surface area contributed by atoms with Gasteiger partial charge in [0.15, 0.2) is 5.60 Å². The van der Waals surface area contributed by atoms with Crippen molar-refractivity contribution in [3.05, 3.63) is 243 Å². The number of cyclic esters (lactones) is 1. The summed E-state index contributed by atoms with van der Waals surface area (Å²) in [5.74, 6) is -0.592. The van der Waals surface area contributed by atoms with Crippen molar-refractivity contribution in [1.82, 2.24) is 0 Å². The van der Waals surface area contributed by atoms with Crippen LogP contribution in [0.5, 0.6) is 0 Å². The number of halogens is 4. The van der Waals surface area contributed by atoms with Crippen LogP contribution in [-0.2, 0) is 10.3 Å². The normalized spacial score (nSPS) is 19.8. The number of hydrogen-bond donors (Lipinski definition) is 0. The number of benzene rings is 5. The van der Waals surface area contributed by atoms with Crippen LogP contribution in [0.15, 0.2) is 190 Å². The first-order chi connectivity index (χ1) is 31.3. The van der Waals surface area contributed by atoms with Crippen molar-refractivity contribution in [3.8, 4) is 0 Å². The van der Waals surface area contributed by atoms with E-state index in [2.05, 4.69) is 146 Å². The molecule has 0 atom stereocenters. The Morgan fingerprint density at radius 1 is 0.516 bits per heavy atom. The Hall–Kier alpha value is -4.65. The van der Waals surface area contributed by atoms with E-state index in [1.807, 2.05) is 35.7 Å². The zero-order valence-electron chi connectivity index (χ0n) is 34.8. The Labute approximate surface area is 403 Å². The van der Waals surface area contributed by atoms with Crippen LogP contribution in [0.1, 0.15) is 89.5 Å². The van der Waals surface area contributed by atoms with Gasteiger partial charge in [-0.25, -0.2) is 4.79 Å². The van der Waals surface area contributed by atoms with E-state index in [9.17, 15) is 4.79 Å². The molecule has 0 aromatic heterocycles. The highest BCUT2D eigenvalue weighted by Crippen LogP contribution is 2.55. The molecule has 318 valence electrons. The molecule has 3 aliphatic heterocycles. The zero-order chi connectivity index (χ0) is 43.8. The van der Waals surface area contributed by atoms with Crippen LogP contribution in [0.3, 0.4) is 0 Å². The molecular formula is C56H42Cl4O2S2. The highest BCUT2D eigenvalue weighted by molar-refractivity contribution is 8.12. The minimum Gasteiger partial charge on any atom is -0.442 e. The maximum atomic E-state index is 13.9. The summed E-state index contributed by atoms with van der Waals surface area (Å²) in [5.41, 5.74) is 12.0. The molecule has 0 saturated carbocycles. The van der Waals surface area contributed by atoms with Gasteiger partial charge in [0.1, 0.15) is 0 Å². The average molecular weight is 953 g/mol. The molecule has 5 aliphatic rings. The SMILES string of the molecule is O=C1OC(C=CCC2=C3SC(c4ccccc4)=CC(c4ccccc4)=C3CCC2)(C=CCC2=C3SC(c4ccccc4)=CC(c4ccccc4)=C3CCC2)c2c(Cl)c(Cl)c(Cl)c(Cl)c21. The largest absolute Gasteiger partial charge is 0.442 e. The van der Waals surface area contributed by atoms with Crippen LogP contribution < -0.4 is 0 Å². The fourth-order valence-corrected chi connectivity index (χ4v) is 13.2. The molecule has 2 aliphatic carbocycles. The molecular weight excluding hydrogens is 911 g/mol. The van der Waals surface area contributed by atoms with Crippen molar-refractivity contribution in [2.24, 2.45) is 0 Å². The first kappa shape index (κ1) is 43.3. The summed E-state index contributed by atoms with van der Waals surface area (Å²) in [6.45, 7) is 0. The van der Waals surface area contributed by atoms with Crippen LogP contribution in [0, 0.1) is 0 Å². The molecule has 3 heterocycles. The highest BCUT2D eigenvalue weighted by atomic mass is 35.5. The summed E-state index contributed by atoms with van der Waals surface area (Å²) in [7, 11) is 0. The first-order valence-electron chi connectivity index (χ1n) is 21.7. The van der Waals surface area contributed by atoms with Gasteiger partial charge in [-0.3, -0.25) is 0 Å². The van der Waals surface area contributed by atoms with Crippen molar-refractivity contribution in [3.63, 3.8) is 0 Å². The minimum absolute atomic E-state index is 0.0337. The average Bonchev–Trinajstić information content (AvgIpc) is 3.64. The van der Waals surface area contributed by atoms with E-state index >= 15 is 0 Å². The number of thioether (sulfide) groups is 2. The van der Waals surface area contributed by atoms with Crippen molar-refractivity contribution in [1.29, 1.82) is 0 Å². The fourth-order valence-electron chi connectivity index (χ4n) is 9.45. The van der Waals surface area contributed by atoms with Gasteiger partial charge < -0.3 is 4.74 Å². The lowest BCUT2D eigenvalue weighted by molar-refractivity contribution is 0.0296. The molecule has 0 fully saturated rings. The number of carbonyl (C=O) groups excluding carboxylic acids is 1. The lowest BCUT2D eigenvalue weighted by atomic mass is 9.85. The van der Waals surface area contributed by atoms with Crippen LogP contribution in [0.4, 0.5) is 0 Å². The molecule has 5 aromatic rings. The van der Waals surface area contributed by atoms with E-state index in [0.29, 0.717) is 18.4 Å². The zero-order valence-corrected chi connectivity index (χ0v) is 39.5. The van der Waals surface area contributed by atoms with Crippen LogP contribution >= 0.6 is 69.9 Å². The quantitative estimate of drug-likeness (QED) is 0.0603. The summed E-state index contributed by atoms with van der Waals surface area (Å²) >= 11 is 30.9. The van der Waals surface area contributed by atoms with E-state index in [-0.39, 0.29) is 25.7 Å². The van der Waals surface area contributed by atoms with Gasteiger partial charge in [-0.2, -0.15) is 0 Å². The summed E-state index contributed by atoms with van der Waals surface area (Å²) in [5, 5.41) is 0.321. The Balaban J connectivity index is 1.04. The fraction of sp³-hybridized carbons (Fsp3) is 0.161. The number of rotatable bonds is 10. The number of ether oxygens (including phenoxy) is 1. The minimum atomic E-state index is -1.37. The molecule has 0 saturated heterocycles. The number of fused-ring (bicyclic) bond motifs is 3. The van der Waals surface area contributed by atoms with Gasteiger partial charge in [0.2, 0.25) is 0 Å². The van der Waals surface area contributed by atoms with Gasteiger partial charge in [0, 0.05) is 25.2 Å². The van der Waals surface area contributed by atoms with E-state index in [0.717, 1.165) is 38.5 Å². The summed E-state index contributed by atoms with van der Waals surface area (Å²) in [4.78, 5) is 19.0. The Morgan fingerprint density at radius 2 is 0.922 bits per heavy atom. The number of carbonyl (C=O) groups is 1. The maximum absolute atomic E-state index is 13.9. The van der Waals surface area contributed by atoms with E-state index in [1.165, 1.54) is 75.3 Å². The van der Waals surface area contributed by atoms with Crippen LogP contribution in [0.25, 0.3) is 21.0 Å². The second kappa shape index (κ2) is 18.7. The lowest BCUT2D eigenvalue weighted by Crippen LogP contribution is -2.21. The third-order valence-electron chi connectivity index (χ3n) is 12.5. The Bertz CT molecular complexity index is 2780. The summed E-state index contributed by atoms with van der Waals surface area (Å²) in [6, 6.07) is 42.6. The summed E-state index contributed by atoms with van der Waals surface area (Å²) in [6.07, 6.45) is 20.2. The number of hydrogen-bond acceptors (Lipinski definition) is 4. The molecule has 0 bridgehead atoms. The van der Waals surface area contributed by atoms with Gasteiger partial charge in [-0.1, -0.05) is 215 Å². The van der Waals surface area contributed by atoms with Gasteiger partial charge in [0.05, 0.1) is 25.7 Å². The molecule has 0 spiro atoms. The topological polar surface area (TPSA) is 26.3 Å². The molecule has 2 nitrogen and oxygen atoms in total. The smallest absolute Gasteiger partial charge is 0.341 e. The molecule has 0 unspecified atom stereocenters. The monoisotopic (exact) mass is 950 g/mol. The van der Waals surface area contributed by atoms with Crippen molar-refractivity contribution < 1.29 is 9.53 Å². The standard InChI is InChI=1S/C56H42Cl4O2S2/c57-49-47-48(50(58)52(60)51(49)59)56(62-55(47)61,31-15-27-39-25-13-29-41-43(35-17-5-1-6-18-35)33-45(63-53(39)41)37-21-9-3-10-22-37)32-16-28-40-26-14-30-42-44(36-19-7-2-8-20-36)34-46(64-54(40)42)38-23-11-4-12-24-38/h1-12,15-24,31-34H,13-14,25-30H2. The Kier molecular flexibility index (Phi) is 12.6. The van der Waals surface area contributed by atoms with E-state index in [4.69, 9.17) is 51.1 Å². The molecule has 0 N–H and O–H groups in total. The molecule has 8 heteroatoms. The Morgan fingerprint density at radius 3 is 1.36 bits per heavy atom.